The number of amides is 2. The Morgan fingerprint density at radius 1 is 1.10 bits per heavy atom. The molecule has 1 unspecified atom stereocenters. The van der Waals surface area contributed by atoms with Crippen molar-refractivity contribution in [2.75, 3.05) is 11.9 Å². The van der Waals surface area contributed by atoms with E-state index < -0.39 is 23.8 Å². The van der Waals surface area contributed by atoms with Crippen molar-refractivity contribution < 1.29 is 18.0 Å². The molecule has 9 heteroatoms. The minimum atomic E-state index is -4.57. The quantitative estimate of drug-likeness (QED) is 0.662. The van der Waals surface area contributed by atoms with Gasteiger partial charge >= 0.3 is 12.2 Å². The van der Waals surface area contributed by atoms with Crippen LogP contribution in [0.25, 0.3) is 0 Å². The van der Waals surface area contributed by atoms with Crippen molar-refractivity contribution >= 4 is 24.3 Å². The fourth-order valence-electron chi connectivity index (χ4n) is 3.40. The third-order valence-corrected chi connectivity index (χ3v) is 5.27. The molecule has 2 aromatic rings. The van der Waals surface area contributed by atoms with Gasteiger partial charge in [0.05, 0.1) is 40.6 Å². The Morgan fingerprint density at radius 2 is 1.80 bits per heavy atom. The van der Waals surface area contributed by atoms with Gasteiger partial charge < -0.3 is 4.90 Å². The van der Waals surface area contributed by atoms with Crippen molar-refractivity contribution in [1.82, 2.24) is 4.90 Å². The minimum Gasteiger partial charge on any atom is -0.315 e. The zero-order valence-corrected chi connectivity index (χ0v) is 16.8. The molecule has 1 atom stereocenters. The lowest BCUT2D eigenvalue weighted by Gasteiger charge is -2.40. The fraction of sp³-hybridized carbons (Fsp3) is 0.190. The van der Waals surface area contributed by atoms with Crippen LogP contribution in [0.2, 0.25) is 0 Å². The lowest BCUT2D eigenvalue weighted by molar-refractivity contribution is -0.137. The number of nitrogens with zero attached hydrogens (tertiary/aromatic N) is 4. The molecule has 5 nitrogen and oxygen atoms in total. The van der Waals surface area contributed by atoms with E-state index in [1.807, 2.05) is 6.07 Å². The van der Waals surface area contributed by atoms with Gasteiger partial charge in [0.2, 0.25) is 0 Å². The molecular formula is C21H15F3N4OS. The number of nitriles is 2. The summed E-state index contributed by atoms with van der Waals surface area (Å²) >= 11 is 4.39. The maximum absolute atomic E-state index is 13.1. The summed E-state index contributed by atoms with van der Waals surface area (Å²) in [7, 11) is 1.46. The van der Waals surface area contributed by atoms with E-state index in [0.29, 0.717) is 16.0 Å². The van der Waals surface area contributed by atoms with Gasteiger partial charge in [0.25, 0.3) is 0 Å². The van der Waals surface area contributed by atoms with Gasteiger partial charge in [0.15, 0.2) is 0 Å². The summed E-state index contributed by atoms with van der Waals surface area (Å²) < 4.78 is 39.4. The largest absolute Gasteiger partial charge is 0.416 e. The molecule has 0 N–H and O–H groups in total. The van der Waals surface area contributed by atoms with Gasteiger partial charge in [-0.15, -0.1) is 12.6 Å². The Morgan fingerprint density at radius 3 is 2.37 bits per heavy atom. The van der Waals surface area contributed by atoms with E-state index in [0.717, 1.165) is 17.0 Å². The van der Waals surface area contributed by atoms with Crippen LogP contribution in [-0.4, -0.2) is 18.0 Å². The second-order valence-electron chi connectivity index (χ2n) is 6.68. The van der Waals surface area contributed by atoms with Crippen molar-refractivity contribution in [2.45, 2.75) is 24.0 Å². The van der Waals surface area contributed by atoms with Gasteiger partial charge in [-0.25, -0.2) is 4.79 Å². The van der Waals surface area contributed by atoms with E-state index in [-0.39, 0.29) is 17.0 Å². The molecule has 0 fully saturated rings. The molecule has 0 radical (unpaired) electrons. The van der Waals surface area contributed by atoms with Gasteiger partial charge in [0.1, 0.15) is 0 Å². The van der Waals surface area contributed by atoms with Crippen LogP contribution in [0.4, 0.5) is 23.7 Å². The molecule has 0 aliphatic carbocycles. The molecule has 0 spiro atoms. The Balaban J connectivity index is 2.16. The molecule has 1 aliphatic heterocycles. The molecule has 3 rings (SSSR count). The first-order valence-electron chi connectivity index (χ1n) is 8.68. The van der Waals surface area contributed by atoms with Crippen LogP contribution >= 0.6 is 12.6 Å². The first-order chi connectivity index (χ1) is 14.1. The van der Waals surface area contributed by atoms with Crippen LogP contribution in [0.5, 0.6) is 0 Å². The number of urea groups is 1. The Kier molecular flexibility index (Phi) is 5.51. The summed E-state index contributed by atoms with van der Waals surface area (Å²) in [6, 6.07) is 11.8. The monoisotopic (exact) mass is 428 g/mol. The second-order valence-corrected chi connectivity index (χ2v) is 7.16. The van der Waals surface area contributed by atoms with Crippen LogP contribution in [0.1, 0.15) is 29.7 Å². The van der Waals surface area contributed by atoms with E-state index in [1.165, 1.54) is 37.1 Å². The van der Waals surface area contributed by atoms with Crippen molar-refractivity contribution in [3.05, 3.63) is 70.4 Å². The lowest BCUT2D eigenvalue weighted by Crippen LogP contribution is -2.47. The molecule has 0 aromatic heterocycles. The molecule has 0 saturated carbocycles. The van der Waals surface area contributed by atoms with Crippen molar-refractivity contribution in [3.63, 3.8) is 0 Å². The highest BCUT2D eigenvalue weighted by atomic mass is 32.1. The van der Waals surface area contributed by atoms with E-state index in [2.05, 4.69) is 18.7 Å². The van der Waals surface area contributed by atoms with Crippen molar-refractivity contribution in [1.29, 1.82) is 10.5 Å². The number of hydrogen-bond acceptors (Lipinski definition) is 4. The number of carbonyl (C=O) groups is 1. The minimum absolute atomic E-state index is 0.0105. The average molecular weight is 428 g/mol. The van der Waals surface area contributed by atoms with Gasteiger partial charge in [-0.05, 0) is 42.8 Å². The number of anilines is 1. The molecular weight excluding hydrogens is 413 g/mol. The number of allylic oxidation sites excluding steroid dienone is 1. The number of hydrogen-bond donors (Lipinski definition) is 1. The highest BCUT2D eigenvalue weighted by Gasteiger charge is 2.39. The number of halogens is 3. The molecule has 0 bridgehead atoms. The molecule has 0 saturated heterocycles. The third kappa shape index (κ3) is 3.60. The maximum atomic E-state index is 13.1. The zero-order chi connectivity index (χ0) is 22.2. The van der Waals surface area contributed by atoms with E-state index in [9.17, 15) is 23.2 Å². The van der Waals surface area contributed by atoms with Gasteiger partial charge in [-0.2, -0.15) is 23.7 Å². The second kappa shape index (κ2) is 7.77. The third-order valence-electron chi connectivity index (χ3n) is 4.89. The predicted octanol–water partition coefficient (Wildman–Crippen LogP) is 5.28. The van der Waals surface area contributed by atoms with E-state index in [4.69, 9.17) is 5.26 Å². The average Bonchev–Trinajstić information content (AvgIpc) is 2.70. The lowest BCUT2D eigenvalue weighted by atomic mass is 9.93. The van der Waals surface area contributed by atoms with Gasteiger partial charge in [-0.3, -0.25) is 4.90 Å². The summed E-state index contributed by atoms with van der Waals surface area (Å²) in [5, 5.41) is 18.8. The van der Waals surface area contributed by atoms with Gasteiger partial charge in [-0.1, -0.05) is 12.1 Å². The number of alkyl halides is 3. The summed E-state index contributed by atoms with van der Waals surface area (Å²) in [6.45, 7) is 1.51. The number of thiol groups is 1. The van der Waals surface area contributed by atoms with Gasteiger partial charge in [0, 0.05) is 17.6 Å². The van der Waals surface area contributed by atoms with Crippen molar-refractivity contribution in [3.8, 4) is 12.1 Å². The van der Waals surface area contributed by atoms with Crippen LogP contribution in [0, 0.1) is 22.7 Å². The topological polar surface area (TPSA) is 71.1 Å². The van der Waals surface area contributed by atoms with E-state index >= 15 is 0 Å². The molecule has 1 aliphatic rings. The highest BCUT2D eigenvalue weighted by Crippen LogP contribution is 2.41. The van der Waals surface area contributed by atoms with Crippen LogP contribution in [0.3, 0.4) is 0 Å². The summed E-state index contributed by atoms with van der Waals surface area (Å²) in [6.07, 6.45) is -4.57. The number of benzene rings is 2. The molecule has 152 valence electrons. The summed E-state index contributed by atoms with van der Waals surface area (Å²) in [5.41, 5.74) is 0.438. The van der Waals surface area contributed by atoms with Crippen LogP contribution < -0.4 is 4.90 Å². The SMILES string of the molecule is CC1=C(C#N)C(c2ccc(C#N)cc2S)N(C)C(=O)N1c1cccc(C(F)(F)F)c1. The maximum Gasteiger partial charge on any atom is 0.416 e. The standard InChI is InChI=1S/C21H15F3N4OS/c1-12-17(11-26)19(16-7-6-13(10-25)8-18(16)30)27(2)20(29)28(12)15-5-3-4-14(9-15)21(22,23)24/h3-9,19,30H,1-2H3. The number of carbonyl (C=O) groups excluding carboxylic acids is 1. The summed E-state index contributed by atoms with van der Waals surface area (Å²) in [4.78, 5) is 15.9. The van der Waals surface area contributed by atoms with E-state index in [1.54, 1.807) is 12.1 Å². The Hall–Kier alpha value is -3.43. The highest BCUT2D eigenvalue weighted by molar-refractivity contribution is 7.80. The smallest absolute Gasteiger partial charge is 0.315 e. The fourth-order valence-corrected chi connectivity index (χ4v) is 3.74. The first-order valence-corrected chi connectivity index (χ1v) is 9.13. The molecule has 1 heterocycles. The normalized spacial score (nSPS) is 17.1. The summed E-state index contributed by atoms with van der Waals surface area (Å²) in [5.74, 6) is 0. The Bertz CT molecular complexity index is 1140. The van der Waals surface area contributed by atoms with Crippen LogP contribution in [-0.2, 0) is 6.18 Å². The predicted molar refractivity (Wildman–Crippen MR) is 107 cm³/mol. The zero-order valence-electron chi connectivity index (χ0n) is 15.9. The number of likely N-dealkylation sites (N-methyl/N-ethyl adjacent to an activating group) is 1. The molecule has 2 amide bonds. The molecule has 30 heavy (non-hydrogen) atoms. The first kappa shape index (κ1) is 21.3. The Labute approximate surface area is 176 Å². The number of rotatable bonds is 2. The van der Waals surface area contributed by atoms with Crippen LogP contribution in [0.15, 0.2) is 58.6 Å². The molecule has 2 aromatic carbocycles. The van der Waals surface area contributed by atoms with Crippen molar-refractivity contribution in [2.24, 2.45) is 0 Å².